The highest BCUT2D eigenvalue weighted by Gasteiger charge is 2.23. The van der Waals surface area contributed by atoms with E-state index in [1.807, 2.05) is 48.5 Å². The third kappa shape index (κ3) is 2.63. The molecular weight excluding hydrogens is 330 g/mol. The first kappa shape index (κ1) is 15.7. The lowest BCUT2D eigenvalue weighted by Crippen LogP contribution is -1.97. The van der Waals surface area contributed by atoms with Crippen molar-refractivity contribution in [2.45, 2.75) is 0 Å². The maximum Gasteiger partial charge on any atom is 0.311 e. The second kappa shape index (κ2) is 6.25. The summed E-state index contributed by atoms with van der Waals surface area (Å²) in [4.78, 5) is 10.3. The zero-order chi connectivity index (χ0) is 18.1. The van der Waals surface area contributed by atoms with Crippen LogP contribution in [-0.4, -0.2) is 22.0 Å². The van der Waals surface area contributed by atoms with E-state index < -0.39 is 4.92 Å². The van der Waals surface area contributed by atoms with E-state index in [0.717, 1.165) is 28.0 Å². The normalized spacial score (nSPS) is 12.1. The molecule has 26 heavy (non-hydrogen) atoms. The van der Waals surface area contributed by atoms with Crippen molar-refractivity contribution in [2.24, 2.45) is 10.2 Å². The lowest BCUT2D eigenvalue weighted by Gasteiger charge is -1.99. The van der Waals surface area contributed by atoms with Gasteiger partial charge in [-0.1, -0.05) is 48.5 Å². The van der Waals surface area contributed by atoms with Crippen molar-refractivity contribution in [1.82, 2.24) is 0 Å². The van der Waals surface area contributed by atoms with E-state index in [2.05, 4.69) is 10.2 Å². The van der Waals surface area contributed by atoms with E-state index in [9.17, 15) is 15.2 Å². The van der Waals surface area contributed by atoms with Gasteiger partial charge in [-0.2, -0.15) is 5.10 Å². The molecule has 126 valence electrons. The van der Waals surface area contributed by atoms with Gasteiger partial charge in [-0.25, -0.2) is 0 Å². The van der Waals surface area contributed by atoms with Crippen molar-refractivity contribution in [3.05, 3.63) is 93.5 Å². The van der Waals surface area contributed by atoms with Crippen molar-refractivity contribution in [3.8, 4) is 16.9 Å². The maximum absolute atomic E-state index is 10.9. The predicted molar refractivity (Wildman–Crippen MR) is 99.9 cm³/mol. The summed E-state index contributed by atoms with van der Waals surface area (Å²) in [5, 5.41) is 28.9. The average Bonchev–Trinajstić information content (AvgIpc) is 2.97. The molecule has 0 unspecified atom stereocenters. The van der Waals surface area contributed by atoms with Crippen molar-refractivity contribution >= 4 is 17.6 Å². The third-order valence-corrected chi connectivity index (χ3v) is 4.22. The first-order valence-electron chi connectivity index (χ1n) is 7.93. The molecule has 0 bridgehead atoms. The van der Waals surface area contributed by atoms with Crippen LogP contribution in [0.25, 0.3) is 11.1 Å². The highest BCUT2D eigenvalue weighted by atomic mass is 16.6. The Bertz CT molecular complexity index is 1040. The molecule has 6 heteroatoms. The molecule has 6 nitrogen and oxygen atoms in total. The van der Waals surface area contributed by atoms with E-state index in [1.165, 1.54) is 18.3 Å². The van der Waals surface area contributed by atoms with Crippen LogP contribution in [0.4, 0.5) is 5.69 Å². The molecule has 0 saturated heterocycles. The summed E-state index contributed by atoms with van der Waals surface area (Å²) in [5.74, 6) is -0.378. The van der Waals surface area contributed by atoms with Crippen molar-refractivity contribution in [3.63, 3.8) is 0 Å². The van der Waals surface area contributed by atoms with Gasteiger partial charge >= 0.3 is 5.69 Å². The second-order valence-corrected chi connectivity index (χ2v) is 5.79. The number of aromatic hydroxyl groups is 1. The van der Waals surface area contributed by atoms with Gasteiger partial charge in [0.05, 0.1) is 11.1 Å². The zero-order valence-electron chi connectivity index (χ0n) is 13.5. The smallest absolute Gasteiger partial charge is 0.311 e. The highest BCUT2D eigenvalue weighted by molar-refractivity contribution is 6.24. The number of nitro benzene ring substituents is 1. The molecule has 0 saturated carbocycles. The fourth-order valence-electron chi connectivity index (χ4n) is 3.02. The van der Waals surface area contributed by atoms with Crippen LogP contribution in [0.5, 0.6) is 5.75 Å². The van der Waals surface area contributed by atoms with Crippen LogP contribution < -0.4 is 0 Å². The lowest BCUT2D eigenvalue weighted by molar-refractivity contribution is -0.385. The summed E-state index contributed by atoms with van der Waals surface area (Å²) >= 11 is 0. The summed E-state index contributed by atoms with van der Waals surface area (Å²) < 4.78 is 0. The van der Waals surface area contributed by atoms with Crippen molar-refractivity contribution < 1.29 is 10.0 Å². The molecule has 1 N–H and O–H groups in total. The Hall–Kier alpha value is -3.80. The quantitative estimate of drug-likeness (QED) is 0.344. The summed E-state index contributed by atoms with van der Waals surface area (Å²) in [6.07, 6.45) is 1.43. The average molecular weight is 343 g/mol. The summed E-state index contributed by atoms with van der Waals surface area (Å²) in [6.45, 7) is 0. The maximum atomic E-state index is 10.9. The first-order chi connectivity index (χ1) is 12.6. The standard InChI is InChI=1S/C20H13N3O3/c24-19-10-9-13(11-18(19)23(25)26)12-21-22-20-16-7-3-1-5-14(16)15-6-2-4-8-17(15)20/h1-12,24H/b21-12-. The van der Waals surface area contributed by atoms with E-state index >= 15 is 0 Å². The molecule has 0 aromatic heterocycles. The Morgan fingerprint density at radius 3 is 2.04 bits per heavy atom. The minimum atomic E-state index is -0.637. The fraction of sp³-hybridized carbons (Fsp3) is 0. The van der Waals surface area contributed by atoms with Gasteiger partial charge in [-0.15, -0.1) is 5.10 Å². The molecule has 3 aromatic carbocycles. The Balaban J connectivity index is 1.73. The molecule has 0 amide bonds. The number of phenols is 1. The first-order valence-corrected chi connectivity index (χ1v) is 7.93. The predicted octanol–water partition coefficient (Wildman–Crippen LogP) is 4.15. The van der Waals surface area contributed by atoms with Crippen LogP contribution in [0.3, 0.4) is 0 Å². The number of rotatable bonds is 3. The number of nitrogens with zero attached hydrogens (tertiary/aromatic N) is 3. The third-order valence-electron chi connectivity index (χ3n) is 4.22. The van der Waals surface area contributed by atoms with Gasteiger partial charge in [0.2, 0.25) is 0 Å². The van der Waals surface area contributed by atoms with Crippen LogP contribution in [0.1, 0.15) is 16.7 Å². The topological polar surface area (TPSA) is 88.1 Å². The number of nitro groups is 1. The molecule has 4 rings (SSSR count). The van der Waals surface area contributed by atoms with E-state index in [1.54, 1.807) is 6.07 Å². The molecular formula is C20H13N3O3. The molecule has 3 aromatic rings. The van der Waals surface area contributed by atoms with Gasteiger partial charge < -0.3 is 5.11 Å². The Morgan fingerprint density at radius 2 is 1.46 bits per heavy atom. The van der Waals surface area contributed by atoms with E-state index in [4.69, 9.17) is 0 Å². The second-order valence-electron chi connectivity index (χ2n) is 5.79. The Kier molecular flexibility index (Phi) is 3.78. The number of hydrogen-bond acceptors (Lipinski definition) is 5. The van der Waals surface area contributed by atoms with Gasteiger partial charge in [0.15, 0.2) is 5.75 Å². The molecule has 1 aliphatic rings. The number of phenolic OH excluding ortho intramolecular Hbond substituents is 1. The Morgan fingerprint density at radius 1 is 0.885 bits per heavy atom. The van der Waals surface area contributed by atoms with Crippen LogP contribution in [0.15, 0.2) is 76.9 Å². The minimum absolute atomic E-state index is 0.363. The van der Waals surface area contributed by atoms with Crippen LogP contribution in [0.2, 0.25) is 0 Å². The molecule has 1 aliphatic carbocycles. The van der Waals surface area contributed by atoms with E-state index in [0.29, 0.717) is 5.56 Å². The summed E-state index contributed by atoms with van der Waals surface area (Å²) in [6, 6.07) is 20.0. The van der Waals surface area contributed by atoms with Crippen molar-refractivity contribution in [2.75, 3.05) is 0 Å². The molecule has 0 fully saturated rings. The van der Waals surface area contributed by atoms with Gasteiger partial charge in [0.25, 0.3) is 0 Å². The fourth-order valence-corrected chi connectivity index (χ4v) is 3.02. The molecule has 0 atom stereocenters. The number of fused-ring (bicyclic) bond motifs is 3. The van der Waals surface area contributed by atoms with Gasteiger partial charge in [-0.3, -0.25) is 10.1 Å². The summed E-state index contributed by atoms with van der Waals surface area (Å²) in [7, 11) is 0. The Labute approximate surface area is 148 Å². The van der Waals surface area contributed by atoms with Gasteiger partial charge in [0, 0.05) is 22.8 Å². The monoisotopic (exact) mass is 343 g/mol. The largest absolute Gasteiger partial charge is 0.502 e. The molecule has 0 aliphatic heterocycles. The molecule has 0 spiro atoms. The van der Waals surface area contributed by atoms with Crippen LogP contribution in [0, 0.1) is 10.1 Å². The minimum Gasteiger partial charge on any atom is -0.502 e. The van der Waals surface area contributed by atoms with E-state index in [-0.39, 0.29) is 11.4 Å². The lowest BCUT2D eigenvalue weighted by atomic mass is 10.1. The number of benzene rings is 3. The zero-order valence-corrected chi connectivity index (χ0v) is 13.5. The van der Waals surface area contributed by atoms with Crippen molar-refractivity contribution in [1.29, 1.82) is 0 Å². The van der Waals surface area contributed by atoms with Gasteiger partial charge in [-0.05, 0) is 23.3 Å². The SMILES string of the molecule is O=[N+]([O-])c1cc(/C=N\N=C2c3ccccc3-c3ccccc32)ccc1O. The van der Waals surface area contributed by atoms with Crippen LogP contribution >= 0.6 is 0 Å². The summed E-state index contributed by atoms with van der Waals surface area (Å²) in [5.41, 5.74) is 5.11. The number of hydrogen-bond donors (Lipinski definition) is 1. The van der Waals surface area contributed by atoms with Gasteiger partial charge in [0.1, 0.15) is 5.71 Å². The van der Waals surface area contributed by atoms with Crippen LogP contribution in [-0.2, 0) is 0 Å². The molecule has 0 radical (unpaired) electrons. The highest BCUT2D eigenvalue weighted by Crippen LogP contribution is 2.36. The molecule has 0 heterocycles.